The molecule has 0 aliphatic carbocycles. The minimum Gasteiger partial charge on any atom is -0.462 e. The zero-order valence-corrected chi connectivity index (χ0v) is 54.0. The summed E-state index contributed by atoms with van der Waals surface area (Å²) >= 11 is 0. The normalized spacial score (nSPS) is 31.0. The van der Waals surface area contributed by atoms with Gasteiger partial charge < -0.3 is 148 Å². The number of carbonyl (C=O) groups excluding carboxylic acids is 5. The van der Waals surface area contributed by atoms with E-state index in [-0.39, 0.29) is 30.4 Å². The molecule has 3 aromatic rings. The average Bonchev–Trinajstić information content (AvgIpc) is 1.73. The number of nitrogens with one attached hydrogen (secondary N) is 9. The fourth-order valence-electron chi connectivity index (χ4n) is 11.9. The van der Waals surface area contributed by atoms with Crippen LogP contribution in [-0.2, 0) is 54.1 Å². The first-order chi connectivity index (χ1) is 47.2. The number of hydrogen-bond acceptors (Lipinski definition) is 28. The first-order valence-corrected chi connectivity index (χ1v) is 31.8. The number of amides is 4. The van der Waals surface area contributed by atoms with E-state index in [1.54, 1.807) is 49.4 Å². The van der Waals surface area contributed by atoms with Crippen LogP contribution in [-0.4, -0.2) is 320 Å². The molecule has 0 saturated carbocycles. The van der Waals surface area contributed by atoms with Gasteiger partial charge in [-0.25, -0.2) is 0 Å². The fourth-order valence-corrected chi connectivity index (χ4v) is 11.9. The molecule has 8 rings (SSSR count). The van der Waals surface area contributed by atoms with Crippen molar-refractivity contribution in [2.75, 3.05) is 65.1 Å². The molecule has 0 bridgehead atoms. The molecule has 25 unspecified atom stereocenters. The van der Waals surface area contributed by atoms with Crippen LogP contribution in [0.4, 0.5) is 5.69 Å². The number of nitrogens with zero attached hydrogens (tertiary/aromatic N) is 2. The lowest BCUT2D eigenvalue weighted by molar-refractivity contribution is -0.354. The van der Waals surface area contributed by atoms with Crippen molar-refractivity contribution < 1.29 is 119 Å². The van der Waals surface area contributed by atoms with Gasteiger partial charge in [-0.1, -0.05) is 73.7 Å². The maximum Gasteiger partial charge on any atom is 0.246 e. The highest BCUT2D eigenvalue weighted by Crippen LogP contribution is 2.33. The van der Waals surface area contributed by atoms with E-state index in [4.69, 9.17) is 45.0 Å². The van der Waals surface area contributed by atoms with E-state index in [2.05, 4.69) is 37.2 Å². The van der Waals surface area contributed by atoms with Gasteiger partial charge in [-0.15, -0.1) is 0 Å². The molecule has 36 nitrogen and oxygen atoms in total. The number of benzene rings is 3. The molecule has 0 spiro atoms. The molecule has 5 saturated heterocycles. The molecule has 1 radical (unpaired) electrons. The predicted molar refractivity (Wildman–Crippen MR) is 344 cm³/mol. The van der Waals surface area contributed by atoms with E-state index >= 15 is 0 Å². The van der Waals surface area contributed by atoms with Gasteiger partial charge in [0.2, 0.25) is 36.2 Å². The highest BCUT2D eigenvalue weighted by atomic mass is 16.7. The van der Waals surface area contributed by atoms with Crippen molar-refractivity contribution >= 4 is 53.6 Å². The summed E-state index contributed by atoms with van der Waals surface area (Å²) < 4.78 is 34.9. The molecular weight excluding hydrogens is 1310 g/mol. The summed E-state index contributed by atoms with van der Waals surface area (Å²) in [6.07, 6.45) is -25.7. The highest BCUT2D eigenvalue weighted by molar-refractivity contribution is 5.96. The van der Waals surface area contributed by atoms with Crippen LogP contribution < -0.4 is 52.6 Å². The summed E-state index contributed by atoms with van der Waals surface area (Å²) in [7, 11) is 3.82. The van der Waals surface area contributed by atoms with Crippen molar-refractivity contribution in [3.05, 3.63) is 102 Å². The molecule has 4 amide bonds. The van der Waals surface area contributed by atoms with Crippen LogP contribution in [0, 0.1) is 10.8 Å². The van der Waals surface area contributed by atoms with E-state index < -0.39 is 221 Å². The minimum atomic E-state index is -2.29. The Morgan fingerprint density at radius 3 is 1.92 bits per heavy atom. The molecule has 5 aliphatic rings. The maximum absolute atomic E-state index is 15.0. The molecule has 3 aromatic carbocycles. The van der Waals surface area contributed by atoms with Gasteiger partial charge in [0.15, 0.2) is 24.4 Å². The number of aliphatic hydroxyl groups excluding tert-OH is 13. The van der Waals surface area contributed by atoms with Gasteiger partial charge in [0, 0.05) is 45.2 Å². The van der Waals surface area contributed by atoms with Crippen molar-refractivity contribution in [1.82, 2.24) is 42.1 Å². The quantitative estimate of drug-likeness (QED) is 0.0284. The average molecular weight is 1400 g/mol. The number of rotatable bonds is 31. The number of ether oxygens (including phenoxy) is 6. The van der Waals surface area contributed by atoms with Crippen molar-refractivity contribution in [2.24, 2.45) is 5.73 Å². The van der Waals surface area contributed by atoms with Gasteiger partial charge in [-0.05, 0) is 41.0 Å². The molecule has 24 N–H and O–H groups in total. The Kier molecular flexibility index (Phi) is 27.3. The monoisotopic (exact) mass is 1400 g/mol. The Bertz CT molecular complexity index is 3200. The van der Waals surface area contributed by atoms with Crippen molar-refractivity contribution in [3.63, 3.8) is 0 Å². The summed E-state index contributed by atoms with van der Waals surface area (Å²) in [6, 6.07) is 9.55. The largest absolute Gasteiger partial charge is 0.462 e. The second-order valence-corrected chi connectivity index (χ2v) is 24.7. The first kappa shape index (κ1) is 77.1. The van der Waals surface area contributed by atoms with E-state index in [0.717, 1.165) is 16.2 Å². The highest BCUT2D eigenvalue weighted by Gasteiger charge is 2.54. The number of anilines is 1. The van der Waals surface area contributed by atoms with E-state index in [0.29, 0.717) is 5.56 Å². The summed E-state index contributed by atoms with van der Waals surface area (Å²) in [5, 5.41) is 176. The molecule has 0 aromatic heterocycles. The van der Waals surface area contributed by atoms with Crippen LogP contribution in [0.2, 0.25) is 0 Å². The van der Waals surface area contributed by atoms with E-state index in [1.807, 2.05) is 43.3 Å². The third-order valence-electron chi connectivity index (χ3n) is 17.8. The second kappa shape index (κ2) is 35.1. The number of hydrogen-bond donors (Lipinski definition) is 23. The fraction of sp³-hybridized carbons (Fsp3) is 0.571. The van der Waals surface area contributed by atoms with E-state index in [9.17, 15) is 90.4 Å². The van der Waals surface area contributed by atoms with Gasteiger partial charge >= 0.3 is 0 Å². The second-order valence-electron chi connectivity index (χ2n) is 24.7. The zero-order valence-electron chi connectivity index (χ0n) is 54.0. The van der Waals surface area contributed by atoms with Crippen LogP contribution in [0.15, 0.2) is 84.9 Å². The van der Waals surface area contributed by atoms with Crippen LogP contribution in [0.5, 0.6) is 5.75 Å². The van der Waals surface area contributed by atoms with Crippen LogP contribution in [0.25, 0.3) is 6.08 Å². The zero-order chi connectivity index (χ0) is 72.1. The SMILES string of the molecule is CC(c1ccccc1)C(N)C(=O)NC(Cc1ccc(OC2OC(CO)C(OC3OC(CO)C(OC/C=C/c4ccc(N(C)C)cc4)C(O)C3O)C(O)C2O)cc1)C(=O)NC(C(=O)NC(C(=O)NC([C]=O)CO)C(O)C1CNC(=N)N1C1OC(CO)C(O)C(O)C1O)C(O)C1CNC(=N)N1. The number of nitrogens with two attached hydrogens (primary N) is 1. The Balaban J connectivity index is 0.994. The lowest BCUT2D eigenvalue weighted by Crippen LogP contribution is -2.69. The summed E-state index contributed by atoms with van der Waals surface area (Å²) in [4.78, 5) is 72.9. The summed E-state index contributed by atoms with van der Waals surface area (Å²) in [5.41, 5.74) is 9.27. The van der Waals surface area contributed by atoms with Crippen molar-refractivity contribution in [2.45, 2.75) is 166 Å². The minimum absolute atomic E-state index is 0.0420. The molecule has 36 heteroatoms. The first-order valence-electron chi connectivity index (χ1n) is 31.8. The summed E-state index contributed by atoms with van der Waals surface area (Å²) in [5.74, 6) is -6.53. The number of guanidine groups is 2. The topological polar surface area (TPSA) is 568 Å². The number of aliphatic hydroxyl groups is 13. The molecule has 545 valence electrons. The molecule has 99 heavy (non-hydrogen) atoms. The lowest BCUT2D eigenvalue weighted by atomic mass is 9.93. The van der Waals surface area contributed by atoms with Crippen LogP contribution in [0.3, 0.4) is 0 Å². The maximum atomic E-state index is 15.0. The van der Waals surface area contributed by atoms with Gasteiger partial charge in [-0.3, -0.25) is 34.8 Å². The van der Waals surface area contributed by atoms with Gasteiger partial charge in [0.1, 0.15) is 115 Å². The molecule has 5 heterocycles. The van der Waals surface area contributed by atoms with Crippen LogP contribution in [0.1, 0.15) is 29.5 Å². The van der Waals surface area contributed by atoms with Crippen molar-refractivity contribution in [1.29, 1.82) is 10.8 Å². The molecular formula is C63H89N12O24. The third-order valence-corrected chi connectivity index (χ3v) is 17.8. The lowest BCUT2D eigenvalue weighted by Gasteiger charge is -2.46. The van der Waals surface area contributed by atoms with Crippen LogP contribution >= 0.6 is 0 Å². The van der Waals surface area contributed by atoms with E-state index in [1.165, 1.54) is 30.6 Å². The van der Waals surface area contributed by atoms with Gasteiger partial charge in [-0.2, -0.15) is 0 Å². The summed E-state index contributed by atoms with van der Waals surface area (Å²) in [6.45, 7) is -2.61. The molecule has 25 atom stereocenters. The molecule has 5 fully saturated rings. The Labute approximate surface area is 567 Å². The Morgan fingerprint density at radius 1 is 0.697 bits per heavy atom. The third kappa shape index (κ3) is 18.5. The Hall–Kier alpha value is -7.67. The Morgan fingerprint density at radius 2 is 1.30 bits per heavy atom. The predicted octanol–water partition coefficient (Wildman–Crippen LogP) is -9.57. The van der Waals surface area contributed by atoms with Gasteiger partial charge in [0.25, 0.3) is 0 Å². The number of carbonyl (C=O) groups is 4. The smallest absolute Gasteiger partial charge is 0.246 e. The standard InChI is InChI=1S/C63H89N12O24/c1-28(31-9-5-4-6-10-31)41(64)56(91)70-35(20-30-13-17-34(18-14-30)95-60-52(89)49(86)54(40(27-80)98-60)99-61-51(88)48(85)53(39(26-79)97-61)94-19-7-8-29-11-15-33(16-12-29)74(2)3)55(90)72-42(44(81)36-21-67-62(65)71-36)58(93)73-43(57(92)69-32(23-76)24-77)45(82)37-22-68-63(66)75(37)59-50(87)47(84)46(83)38(25-78)96-59/h4-18,28,32,35-54,59-61,76,78-89H,19-23,25-27,64H2,1-3H3,(H2,66,68)(H,69,92)(H,70,91)(H,72,90)(H,73,93)(H3,65,67,71)/b8-7+. The van der Waals surface area contributed by atoms with Gasteiger partial charge in [0.05, 0.1) is 51.2 Å². The van der Waals surface area contributed by atoms with Crippen molar-refractivity contribution in [3.8, 4) is 5.75 Å². The molecule has 5 aliphatic heterocycles.